The van der Waals surface area contributed by atoms with Gasteiger partial charge in [-0.15, -0.1) is 0 Å². The highest BCUT2D eigenvalue weighted by Gasteiger charge is 2.19. The van der Waals surface area contributed by atoms with Crippen LogP contribution < -0.4 is 10.6 Å². The van der Waals surface area contributed by atoms with E-state index in [1.54, 1.807) is 13.2 Å². The molecule has 2 heterocycles. The molecule has 0 saturated carbocycles. The van der Waals surface area contributed by atoms with Gasteiger partial charge in [0.2, 0.25) is 5.95 Å². The van der Waals surface area contributed by atoms with Gasteiger partial charge in [-0.1, -0.05) is 13.3 Å². The highest BCUT2D eigenvalue weighted by molar-refractivity contribution is 5.87. The second-order valence-corrected chi connectivity index (χ2v) is 5.04. The van der Waals surface area contributed by atoms with Gasteiger partial charge < -0.3 is 10.6 Å². The van der Waals surface area contributed by atoms with Crippen molar-refractivity contribution in [1.29, 1.82) is 0 Å². The molecule has 0 spiro atoms. The second kappa shape index (κ2) is 4.80. The molecule has 18 heavy (non-hydrogen) atoms. The minimum Gasteiger partial charge on any atom is -0.364 e. The van der Waals surface area contributed by atoms with Gasteiger partial charge in [0.1, 0.15) is 5.82 Å². The number of fused-ring (bicyclic) bond motifs is 1. The summed E-state index contributed by atoms with van der Waals surface area (Å²) in [6.45, 7) is 6.52. The monoisotopic (exact) mass is 248 g/mol. The maximum atomic E-state index is 4.47. The lowest BCUT2D eigenvalue weighted by molar-refractivity contribution is 0.509. The van der Waals surface area contributed by atoms with Crippen LogP contribution in [0.4, 0.5) is 11.8 Å². The molecule has 6 nitrogen and oxygen atoms in total. The Kier molecular flexibility index (Phi) is 3.36. The molecule has 2 rings (SSSR count). The number of anilines is 2. The van der Waals surface area contributed by atoms with Crippen LogP contribution in [-0.2, 0) is 0 Å². The first kappa shape index (κ1) is 12.6. The topological polar surface area (TPSA) is 78.5 Å². The zero-order chi connectivity index (χ0) is 13.2. The summed E-state index contributed by atoms with van der Waals surface area (Å²) < 4.78 is 0. The lowest BCUT2D eigenvalue weighted by Gasteiger charge is -2.26. The van der Waals surface area contributed by atoms with Crippen molar-refractivity contribution in [2.24, 2.45) is 0 Å². The standard InChI is InChI=1S/C12H20N6/c1-5-6-12(2,3)17-9-8-7-14-18-10(8)16-11(13-4)15-9/h7H,5-6H2,1-4H3,(H3,13,14,15,16,17,18). The summed E-state index contributed by atoms with van der Waals surface area (Å²) in [5.41, 5.74) is 0.738. The fraction of sp³-hybridized carbons (Fsp3) is 0.583. The van der Waals surface area contributed by atoms with Crippen LogP contribution in [0.3, 0.4) is 0 Å². The van der Waals surface area contributed by atoms with Gasteiger partial charge in [0.25, 0.3) is 0 Å². The Hall–Kier alpha value is -1.85. The molecule has 0 atom stereocenters. The van der Waals surface area contributed by atoms with E-state index in [4.69, 9.17) is 0 Å². The maximum absolute atomic E-state index is 4.47. The number of nitrogens with zero attached hydrogens (tertiary/aromatic N) is 3. The largest absolute Gasteiger partial charge is 0.364 e. The Morgan fingerprint density at radius 3 is 2.78 bits per heavy atom. The number of hydrogen-bond acceptors (Lipinski definition) is 5. The molecule has 0 bridgehead atoms. The van der Waals surface area contributed by atoms with Crippen molar-refractivity contribution in [1.82, 2.24) is 20.2 Å². The fourth-order valence-electron chi connectivity index (χ4n) is 2.05. The highest BCUT2D eigenvalue weighted by atomic mass is 15.2. The number of H-pyrrole nitrogens is 1. The molecule has 6 heteroatoms. The number of nitrogens with one attached hydrogen (secondary N) is 3. The molecule has 2 aromatic rings. The molecular formula is C12H20N6. The van der Waals surface area contributed by atoms with Gasteiger partial charge in [-0.3, -0.25) is 5.10 Å². The quantitative estimate of drug-likeness (QED) is 0.757. The SMILES string of the molecule is CCCC(C)(C)Nc1nc(NC)nc2[nH]ncc12. The molecule has 0 fully saturated rings. The minimum absolute atomic E-state index is 0.00167. The van der Waals surface area contributed by atoms with Crippen molar-refractivity contribution in [3.63, 3.8) is 0 Å². The van der Waals surface area contributed by atoms with Crippen LogP contribution in [0.5, 0.6) is 0 Å². The molecule has 0 aliphatic heterocycles. The predicted octanol–water partition coefficient (Wildman–Crippen LogP) is 2.39. The third-order valence-electron chi connectivity index (χ3n) is 2.87. The Morgan fingerprint density at radius 2 is 2.11 bits per heavy atom. The van der Waals surface area contributed by atoms with Crippen molar-refractivity contribution in [3.05, 3.63) is 6.20 Å². The molecule has 0 aliphatic rings. The van der Waals surface area contributed by atoms with Crippen LogP contribution in [0.1, 0.15) is 33.6 Å². The van der Waals surface area contributed by atoms with Gasteiger partial charge in [0.15, 0.2) is 5.65 Å². The minimum atomic E-state index is -0.00167. The van der Waals surface area contributed by atoms with Crippen LogP contribution in [0.15, 0.2) is 6.20 Å². The average molecular weight is 248 g/mol. The Balaban J connectivity index is 2.39. The summed E-state index contributed by atoms with van der Waals surface area (Å²) in [5, 5.41) is 14.2. The third kappa shape index (κ3) is 2.52. The van der Waals surface area contributed by atoms with E-state index in [9.17, 15) is 0 Å². The number of aromatic amines is 1. The van der Waals surface area contributed by atoms with E-state index in [-0.39, 0.29) is 5.54 Å². The first-order chi connectivity index (χ1) is 8.55. The van der Waals surface area contributed by atoms with Crippen molar-refractivity contribution >= 4 is 22.8 Å². The van der Waals surface area contributed by atoms with Crippen molar-refractivity contribution in [2.45, 2.75) is 39.2 Å². The predicted molar refractivity (Wildman–Crippen MR) is 73.8 cm³/mol. The van der Waals surface area contributed by atoms with Gasteiger partial charge in [0, 0.05) is 12.6 Å². The molecule has 0 aliphatic carbocycles. The van der Waals surface area contributed by atoms with Crippen molar-refractivity contribution < 1.29 is 0 Å². The molecule has 0 saturated heterocycles. The highest BCUT2D eigenvalue weighted by Crippen LogP contribution is 2.24. The molecule has 0 unspecified atom stereocenters. The first-order valence-corrected chi connectivity index (χ1v) is 6.23. The summed E-state index contributed by atoms with van der Waals surface area (Å²) in [7, 11) is 1.80. The van der Waals surface area contributed by atoms with E-state index in [0.717, 1.165) is 29.7 Å². The molecule has 98 valence electrons. The normalized spacial score (nSPS) is 11.8. The molecular weight excluding hydrogens is 228 g/mol. The second-order valence-electron chi connectivity index (χ2n) is 5.04. The smallest absolute Gasteiger partial charge is 0.226 e. The number of aromatic nitrogens is 4. The summed E-state index contributed by atoms with van der Waals surface area (Å²) in [6.07, 6.45) is 3.95. The van der Waals surface area contributed by atoms with E-state index in [2.05, 4.69) is 51.6 Å². The summed E-state index contributed by atoms with van der Waals surface area (Å²) >= 11 is 0. The van der Waals surface area contributed by atoms with Crippen molar-refractivity contribution in [3.8, 4) is 0 Å². The van der Waals surface area contributed by atoms with Crippen LogP contribution in [0, 0.1) is 0 Å². The van der Waals surface area contributed by atoms with Crippen molar-refractivity contribution in [2.75, 3.05) is 17.7 Å². The Morgan fingerprint density at radius 1 is 1.33 bits per heavy atom. The number of hydrogen-bond donors (Lipinski definition) is 3. The molecule has 0 aromatic carbocycles. The Bertz CT molecular complexity index is 530. The van der Waals surface area contributed by atoms with Gasteiger partial charge in [-0.2, -0.15) is 15.1 Å². The van der Waals surface area contributed by atoms with E-state index >= 15 is 0 Å². The van der Waals surface area contributed by atoms with Gasteiger partial charge in [0.05, 0.1) is 11.6 Å². The van der Waals surface area contributed by atoms with Gasteiger partial charge in [-0.25, -0.2) is 0 Å². The van der Waals surface area contributed by atoms with E-state index in [0.29, 0.717) is 5.95 Å². The lowest BCUT2D eigenvalue weighted by Crippen LogP contribution is -2.31. The summed E-state index contributed by atoms with van der Waals surface area (Å²) in [5.74, 6) is 1.40. The molecule has 0 radical (unpaired) electrons. The van der Waals surface area contributed by atoms with Crippen LogP contribution in [0.2, 0.25) is 0 Å². The fourth-order valence-corrected chi connectivity index (χ4v) is 2.05. The lowest BCUT2D eigenvalue weighted by atomic mass is 9.99. The first-order valence-electron chi connectivity index (χ1n) is 6.23. The molecule has 0 amide bonds. The van der Waals surface area contributed by atoms with Crippen LogP contribution >= 0.6 is 0 Å². The van der Waals surface area contributed by atoms with Gasteiger partial charge >= 0.3 is 0 Å². The summed E-state index contributed by atoms with van der Waals surface area (Å²) in [4.78, 5) is 8.78. The maximum Gasteiger partial charge on any atom is 0.226 e. The van der Waals surface area contributed by atoms with Crippen LogP contribution in [-0.4, -0.2) is 32.8 Å². The van der Waals surface area contributed by atoms with E-state index in [1.165, 1.54) is 0 Å². The Labute approximate surface area is 107 Å². The number of rotatable bonds is 5. The van der Waals surface area contributed by atoms with E-state index in [1.807, 2.05) is 0 Å². The van der Waals surface area contributed by atoms with E-state index < -0.39 is 0 Å². The zero-order valence-corrected chi connectivity index (χ0v) is 11.3. The zero-order valence-electron chi connectivity index (χ0n) is 11.3. The average Bonchev–Trinajstić information content (AvgIpc) is 2.76. The summed E-state index contributed by atoms with van der Waals surface area (Å²) in [6, 6.07) is 0. The van der Waals surface area contributed by atoms with Gasteiger partial charge in [-0.05, 0) is 20.3 Å². The molecule has 3 N–H and O–H groups in total. The molecule has 2 aromatic heterocycles. The third-order valence-corrected chi connectivity index (χ3v) is 2.87. The van der Waals surface area contributed by atoms with Crippen LogP contribution in [0.25, 0.3) is 11.0 Å².